The Hall–Kier alpha value is -2.38. The molecule has 0 bridgehead atoms. The lowest BCUT2D eigenvalue weighted by atomic mass is 9.67. The van der Waals surface area contributed by atoms with Crippen molar-refractivity contribution in [3.05, 3.63) is 89.1 Å². The summed E-state index contributed by atoms with van der Waals surface area (Å²) >= 11 is 3.50. The summed E-state index contributed by atoms with van der Waals surface area (Å²) in [6.07, 6.45) is 7.00. The van der Waals surface area contributed by atoms with Gasteiger partial charge >= 0.3 is 6.18 Å². The smallest absolute Gasteiger partial charge is 0.359 e. The number of rotatable bonds is 10. The monoisotopic (exact) mass is 630 g/mol. The Morgan fingerprint density at radius 2 is 1.79 bits per heavy atom. The van der Waals surface area contributed by atoms with Gasteiger partial charge in [0.1, 0.15) is 0 Å². The molecule has 1 heterocycles. The van der Waals surface area contributed by atoms with E-state index in [1.54, 1.807) is 30.0 Å². The number of allylic oxidation sites excluding steroid dienone is 2. The zero-order chi connectivity index (χ0) is 31.6. The summed E-state index contributed by atoms with van der Waals surface area (Å²) in [5.41, 5.74) is 1.79. The Morgan fingerprint density at radius 1 is 1.07 bits per heavy atom. The first-order valence-corrected chi connectivity index (χ1v) is 17.1. The lowest BCUT2D eigenvalue weighted by Crippen LogP contribution is -2.41. The standard InChI is InChI=1S/C32H39F3N4S2.C2H6/c1-22(38-28-11-8-26(21-36)30(19-28)32(33,34)35)31(2,27-14-16-39(40-4)17-15-27)20-23-6-5-7-25(18-23)24-9-12-29(13-10-24)41-37-3;1-2/h5-9,11-12,18-19,24,27,29,37-38H,1,10,13-17,20H2,2-4H3;1-2H3. The van der Waals surface area contributed by atoms with Crippen molar-refractivity contribution in [1.29, 1.82) is 5.26 Å². The van der Waals surface area contributed by atoms with Gasteiger partial charge in [0, 0.05) is 41.1 Å². The fourth-order valence-corrected chi connectivity index (χ4v) is 7.43. The number of nitriles is 1. The van der Waals surface area contributed by atoms with Crippen molar-refractivity contribution < 1.29 is 13.2 Å². The molecule has 2 N–H and O–H groups in total. The first-order chi connectivity index (χ1) is 20.6. The van der Waals surface area contributed by atoms with Gasteiger partial charge in [0.15, 0.2) is 0 Å². The summed E-state index contributed by atoms with van der Waals surface area (Å²) in [6.45, 7) is 12.5. The van der Waals surface area contributed by atoms with E-state index >= 15 is 0 Å². The molecule has 2 aromatic rings. The van der Waals surface area contributed by atoms with Crippen LogP contribution < -0.4 is 10.0 Å². The molecule has 2 aliphatic rings. The van der Waals surface area contributed by atoms with Gasteiger partial charge in [-0.1, -0.05) is 87.7 Å². The maximum absolute atomic E-state index is 13.7. The number of benzene rings is 2. The van der Waals surface area contributed by atoms with Crippen molar-refractivity contribution in [1.82, 2.24) is 9.03 Å². The van der Waals surface area contributed by atoms with Crippen molar-refractivity contribution in [2.24, 2.45) is 11.3 Å². The lowest BCUT2D eigenvalue weighted by molar-refractivity contribution is -0.137. The maximum atomic E-state index is 13.7. The number of anilines is 1. The second-order valence-electron chi connectivity index (χ2n) is 11.1. The molecule has 0 spiro atoms. The van der Waals surface area contributed by atoms with Crippen LogP contribution in [0, 0.1) is 22.7 Å². The van der Waals surface area contributed by atoms with Gasteiger partial charge in [-0.2, -0.15) is 18.4 Å². The highest BCUT2D eigenvalue weighted by molar-refractivity contribution is 7.98. The number of alkyl halides is 3. The molecule has 1 saturated heterocycles. The van der Waals surface area contributed by atoms with E-state index in [1.807, 2.05) is 20.9 Å². The van der Waals surface area contributed by atoms with E-state index < -0.39 is 17.2 Å². The SMILES string of the molecule is C=C(Nc1ccc(C#N)c(C(F)(F)F)c1)C(C)(Cc1cccc(C2C=CC(SNC)CC2)c1)C1CCN(SC)CC1.CC. The molecule has 1 aliphatic carbocycles. The molecule has 4 rings (SSSR count). The van der Waals surface area contributed by atoms with Gasteiger partial charge in [0.25, 0.3) is 0 Å². The van der Waals surface area contributed by atoms with E-state index in [0.717, 1.165) is 51.3 Å². The molecule has 1 fully saturated rings. The van der Waals surface area contributed by atoms with Crippen LogP contribution in [0.3, 0.4) is 0 Å². The van der Waals surface area contributed by atoms with Crippen molar-refractivity contribution in [3.63, 3.8) is 0 Å². The predicted octanol–water partition coefficient (Wildman–Crippen LogP) is 9.44. The molecule has 0 radical (unpaired) electrons. The summed E-state index contributed by atoms with van der Waals surface area (Å²) < 4.78 is 46.6. The van der Waals surface area contributed by atoms with Crippen molar-refractivity contribution >= 4 is 29.6 Å². The molecular formula is C34H45F3N4S2. The Kier molecular flexibility index (Phi) is 13.1. The molecule has 234 valence electrons. The summed E-state index contributed by atoms with van der Waals surface area (Å²) in [7, 11) is 1.95. The highest BCUT2D eigenvalue weighted by atomic mass is 32.2. The molecule has 0 amide bonds. The highest BCUT2D eigenvalue weighted by Gasteiger charge is 2.40. The minimum Gasteiger partial charge on any atom is -0.359 e. The summed E-state index contributed by atoms with van der Waals surface area (Å²) in [5, 5.41) is 12.9. The molecule has 3 atom stereocenters. The summed E-state index contributed by atoms with van der Waals surface area (Å²) in [6, 6.07) is 14.2. The number of piperidine rings is 1. The third-order valence-corrected chi connectivity index (χ3v) is 10.4. The van der Waals surface area contributed by atoms with Gasteiger partial charge < -0.3 is 5.32 Å². The molecule has 3 unspecified atom stereocenters. The molecule has 43 heavy (non-hydrogen) atoms. The van der Waals surface area contributed by atoms with Gasteiger partial charge in [-0.3, -0.25) is 9.03 Å². The van der Waals surface area contributed by atoms with Crippen LogP contribution in [0.15, 0.2) is 66.9 Å². The van der Waals surface area contributed by atoms with Crippen LogP contribution in [0.5, 0.6) is 0 Å². The number of hydrogen-bond acceptors (Lipinski definition) is 6. The third kappa shape index (κ3) is 9.07. The number of halogens is 3. The van der Waals surface area contributed by atoms with Gasteiger partial charge in [0.05, 0.1) is 17.2 Å². The molecule has 4 nitrogen and oxygen atoms in total. The summed E-state index contributed by atoms with van der Waals surface area (Å²) in [4.78, 5) is 0. The van der Waals surface area contributed by atoms with Gasteiger partial charge in [-0.05, 0) is 80.7 Å². The average molecular weight is 631 g/mol. The van der Waals surface area contributed by atoms with Crippen LogP contribution in [0.2, 0.25) is 0 Å². The van der Waals surface area contributed by atoms with E-state index in [9.17, 15) is 18.4 Å². The van der Waals surface area contributed by atoms with Gasteiger partial charge in [0.2, 0.25) is 0 Å². The number of hydrogen-bond donors (Lipinski definition) is 2. The van der Waals surface area contributed by atoms with E-state index in [2.05, 4.69) is 70.5 Å². The Labute approximate surface area is 264 Å². The van der Waals surface area contributed by atoms with Gasteiger partial charge in [-0.15, -0.1) is 0 Å². The van der Waals surface area contributed by atoms with E-state index in [4.69, 9.17) is 0 Å². The molecule has 0 aromatic heterocycles. The predicted molar refractivity (Wildman–Crippen MR) is 178 cm³/mol. The maximum Gasteiger partial charge on any atom is 0.417 e. The van der Waals surface area contributed by atoms with Crippen LogP contribution >= 0.6 is 23.9 Å². The molecule has 1 aliphatic heterocycles. The highest BCUT2D eigenvalue weighted by Crippen LogP contribution is 2.45. The first-order valence-electron chi connectivity index (χ1n) is 15.0. The molecule has 2 aromatic carbocycles. The van der Waals surface area contributed by atoms with Crippen molar-refractivity contribution in [2.75, 3.05) is 31.7 Å². The van der Waals surface area contributed by atoms with Crippen LogP contribution in [-0.4, -0.2) is 35.9 Å². The van der Waals surface area contributed by atoms with Crippen molar-refractivity contribution in [3.8, 4) is 6.07 Å². The van der Waals surface area contributed by atoms with Crippen molar-refractivity contribution in [2.45, 2.75) is 70.2 Å². The van der Waals surface area contributed by atoms with E-state index in [-0.39, 0.29) is 5.56 Å². The minimum absolute atomic E-state index is 0.296. The second kappa shape index (κ2) is 16.1. The zero-order valence-electron chi connectivity index (χ0n) is 25.9. The zero-order valence-corrected chi connectivity index (χ0v) is 27.6. The van der Waals surface area contributed by atoms with Crippen LogP contribution in [-0.2, 0) is 12.6 Å². The third-order valence-electron chi connectivity index (χ3n) is 8.58. The second-order valence-corrected chi connectivity index (χ2v) is 13.3. The van der Waals surface area contributed by atoms with Crippen LogP contribution in [0.25, 0.3) is 0 Å². The first kappa shape index (κ1) is 35.1. The van der Waals surface area contributed by atoms with E-state index in [0.29, 0.717) is 28.5 Å². The molecule has 9 heteroatoms. The topological polar surface area (TPSA) is 51.1 Å². The van der Waals surface area contributed by atoms with Crippen LogP contribution in [0.4, 0.5) is 18.9 Å². The number of nitrogens with one attached hydrogen (secondary N) is 2. The van der Waals surface area contributed by atoms with Crippen LogP contribution in [0.1, 0.15) is 74.6 Å². The van der Waals surface area contributed by atoms with E-state index in [1.165, 1.54) is 23.3 Å². The Balaban J connectivity index is 0.00000248. The molecule has 0 saturated carbocycles. The Morgan fingerprint density at radius 3 is 2.37 bits per heavy atom. The fraction of sp³-hybridized carbons (Fsp3) is 0.500. The Bertz CT molecular complexity index is 1280. The summed E-state index contributed by atoms with van der Waals surface area (Å²) in [5.74, 6) is 0.685. The molecular weight excluding hydrogens is 586 g/mol. The number of nitrogens with zero attached hydrogens (tertiary/aromatic N) is 2. The average Bonchev–Trinajstić information content (AvgIpc) is 3.02. The minimum atomic E-state index is -4.61. The lowest BCUT2D eigenvalue weighted by Gasteiger charge is -2.44. The quantitative estimate of drug-likeness (QED) is 0.202. The fourth-order valence-electron chi connectivity index (χ4n) is 6.12. The largest absolute Gasteiger partial charge is 0.417 e. The van der Waals surface area contributed by atoms with Gasteiger partial charge in [-0.25, -0.2) is 0 Å². The normalized spacial score (nSPS) is 20.8.